The molecule has 1 heterocycles. The van der Waals surface area contributed by atoms with E-state index in [0.717, 1.165) is 16.6 Å². The molecule has 0 bridgehead atoms. The average Bonchev–Trinajstić information content (AvgIpc) is 3.19. The first kappa shape index (κ1) is 21.9. The van der Waals surface area contributed by atoms with Crippen LogP contribution in [0.15, 0.2) is 60.7 Å². The van der Waals surface area contributed by atoms with Crippen molar-refractivity contribution in [3.8, 4) is 11.4 Å². The van der Waals surface area contributed by atoms with Crippen LogP contribution in [0.5, 0.6) is 0 Å². The molecule has 4 aromatic rings. The summed E-state index contributed by atoms with van der Waals surface area (Å²) < 4.78 is 5.33. The molecule has 0 radical (unpaired) electrons. The lowest BCUT2D eigenvalue weighted by Gasteiger charge is -2.14. The number of nitrogens with zero attached hydrogens (tertiary/aromatic N) is 1. The van der Waals surface area contributed by atoms with Crippen LogP contribution in [0, 0.1) is 6.92 Å². The van der Waals surface area contributed by atoms with E-state index in [1.165, 1.54) is 13.0 Å². The van der Waals surface area contributed by atoms with Gasteiger partial charge in [0, 0.05) is 10.6 Å². The Morgan fingerprint density at radius 1 is 1.03 bits per heavy atom. The van der Waals surface area contributed by atoms with Crippen molar-refractivity contribution in [3.05, 3.63) is 81.8 Å². The van der Waals surface area contributed by atoms with Gasteiger partial charge in [0.1, 0.15) is 5.82 Å². The number of esters is 1. The van der Waals surface area contributed by atoms with Crippen molar-refractivity contribution in [2.75, 3.05) is 5.32 Å². The molecule has 0 fully saturated rings. The van der Waals surface area contributed by atoms with Crippen LogP contribution in [0.1, 0.15) is 22.8 Å². The lowest BCUT2D eigenvalue weighted by Crippen LogP contribution is -2.30. The maximum absolute atomic E-state index is 12.6. The predicted molar refractivity (Wildman–Crippen MR) is 126 cm³/mol. The highest BCUT2D eigenvalue weighted by Gasteiger charge is 2.20. The molecule has 0 saturated carbocycles. The molecule has 0 aliphatic heterocycles. The SMILES string of the molecule is Cc1ccc(-c2nc3ccc(C(=O)OC(C)C(=O)Nc4ccc(Cl)cc4Cl)cc3[nH]2)cc1. The second kappa shape index (κ2) is 9.02. The number of hydrogen-bond acceptors (Lipinski definition) is 4. The molecule has 0 spiro atoms. The van der Waals surface area contributed by atoms with Crippen LogP contribution in [0.4, 0.5) is 5.69 Å². The van der Waals surface area contributed by atoms with Crippen LogP contribution in [0.3, 0.4) is 0 Å². The van der Waals surface area contributed by atoms with Crippen molar-refractivity contribution in [1.29, 1.82) is 0 Å². The minimum absolute atomic E-state index is 0.290. The predicted octanol–water partition coefficient (Wildman–Crippen LogP) is 6.03. The third-order valence-corrected chi connectivity index (χ3v) is 5.43. The maximum atomic E-state index is 12.6. The number of carbonyl (C=O) groups is 2. The monoisotopic (exact) mass is 467 g/mol. The number of amides is 1. The molecule has 32 heavy (non-hydrogen) atoms. The van der Waals surface area contributed by atoms with Crippen LogP contribution in [-0.4, -0.2) is 27.9 Å². The van der Waals surface area contributed by atoms with Gasteiger partial charge in [-0.25, -0.2) is 9.78 Å². The number of nitrogens with one attached hydrogen (secondary N) is 2. The van der Waals surface area contributed by atoms with Crippen molar-refractivity contribution in [2.45, 2.75) is 20.0 Å². The molecule has 2 N–H and O–H groups in total. The first-order valence-electron chi connectivity index (χ1n) is 9.84. The number of anilines is 1. The molecule has 1 amide bonds. The Balaban J connectivity index is 1.46. The Labute approximate surface area is 194 Å². The second-order valence-electron chi connectivity index (χ2n) is 7.34. The van der Waals surface area contributed by atoms with Crippen molar-refractivity contribution in [1.82, 2.24) is 9.97 Å². The zero-order valence-electron chi connectivity index (χ0n) is 17.3. The first-order valence-corrected chi connectivity index (χ1v) is 10.6. The minimum atomic E-state index is -1.03. The Hall–Kier alpha value is -3.35. The molecule has 8 heteroatoms. The lowest BCUT2D eigenvalue weighted by atomic mass is 10.1. The fourth-order valence-electron chi connectivity index (χ4n) is 3.09. The van der Waals surface area contributed by atoms with Crippen molar-refractivity contribution < 1.29 is 14.3 Å². The Morgan fingerprint density at radius 2 is 1.78 bits per heavy atom. The molecule has 0 saturated heterocycles. The zero-order valence-corrected chi connectivity index (χ0v) is 18.8. The minimum Gasteiger partial charge on any atom is -0.449 e. The van der Waals surface area contributed by atoms with Gasteiger partial charge in [0.15, 0.2) is 6.10 Å². The number of hydrogen-bond donors (Lipinski definition) is 2. The normalized spacial score (nSPS) is 11.9. The van der Waals surface area contributed by atoms with Crippen molar-refractivity contribution >= 4 is 51.8 Å². The van der Waals surface area contributed by atoms with E-state index in [4.69, 9.17) is 27.9 Å². The van der Waals surface area contributed by atoms with E-state index in [2.05, 4.69) is 15.3 Å². The van der Waals surface area contributed by atoms with Gasteiger partial charge >= 0.3 is 5.97 Å². The van der Waals surface area contributed by atoms with Gasteiger partial charge in [-0.2, -0.15) is 0 Å². The summed E-state index contributed by atoms with van der Waals surface area (Å²) in [5.74, 6) is -0.423. The van der Waals surface area contributed by atoms with E-state index in [0.29, 0.717) is 32.6 Å². The number of ether oxygens (including phenoxy) is 1. The van der Waals surface area contributed by atoms with E-state index >= 15 is 0 Å². The number of halogens is 2. The topological polar surface area (TPSA) is 84.1 Å². The molecule has 1 aromatic heterocycles. The summed E-state index contributed by atoms with van der Waals surface area (Å²) in [5.41, 5.74) is 4.21. The highest BCUT2D eigenvalue weighted by Crippen LogP contribution is 2.26. The molecule has 1 atom stereocenters. The van der Waals surface area contributed by atoms with Gasteiger partial charge in [-0.3, -0.25) is 4.79 Å². The largest absolute Gasteiger partial charge is 0.449 e. The van der Waals surface area contributed by atoms with Crippen LogP contribution in [0.2, 0.25) is 10.0 Å². The third kappa shape index (κ3) is 4.77. The average molecular weight is 468 g/mol. The zero-order chi connectivity index (χ0) is 22.8. The second-order valence-corrected chi connectivity index (χ2v) is 8.19. The molecular weight excluding hydrogens is 449 g/mol. The highest BCUT2D eigenvalue weighted by atomic mass is 35.5. The summed E-state index contributed by atoms with van der Waals surface area (Å²) in [4.78, 5) is 32.8. The molecule has 0 aliphatic carbocycles. The Morgan fingerprint density at radius 3 is 2.50 bits per heavy atom. The van der Waals surface area contributed by atoms with Gasteiger partial charge in [0.25, 0.3) is 5.91 Å². The Bertz CT molecular complexity index is 1320. The van der Waals surface area contributed by atoms with Gasteiger partial charge < -0.3 is 15.0 Å². The molecule has 3 aromatic carbocycles. The van der Waals surface area contributed by atoms with Gasteiger partial charge in [-0.15, -0.1) is 0 Å². The summed E-state index contributed by atoms with van der Waals surface area (Å²) in [6.45, 7) is 3.51. The van der Waals surface area contributed by atoms with Crippen molar-refractivity contribution in [3.63, 3.8) is 0 Å². The molecule has 1 unspecified atom stereocenters. The number of fused-ring (bicyclic) bond motifs is 1. The van der Waals surface area contributed by atoms with Crippen LogP contribution in [0.25, 0.3) is 22.4 Å². The van der Waals surface area contributed by atoms with Gasteiger partial charge in [-0.1, -0.05) is 53.0 Å². The number of aromatic amines is 1. The van der Waals surface area contributed by atoms with E-state index in [-0.39, 0.29) is 0 Å². The van der Waals surface area contributed by atoms with Gasteiger partial charge in [0.05, 0.1) is 27.3 Å². The third-order valence-electron chi connectivity index (χ3n) is 4.88. The fraction of sp³-hybridized carbons (Fsp3) is 0.125. The van der Waals surface area contributed by atoms with Crippen molar-refractivity contribution in [2.24, 2.45) is 0 Å². The van der Waals surface area contributed by atoms with E-state index in [1.807, 2.05) is 31.2 Å². The number of aryl methyl sites for hydroxylation is 1. The molecule has 162 valence electrons. The standard InChI is InChI=1S/C24H19Cl2N3O3/c1-13-3-5-15(6-4-13)22-27-20-9-7-16(11-21(20)28-22)24(31)32-14(2)23(30)29-19-10-8-17(25)12-18(19)26/h3-12,14H,1-2H3,(H,27,28)(H,29,30). The van der Waals surface area contributed by atoms with Crippen LogP contribution >= 0.6 is 23.2 Å². The smallest absolute Gasteiger partial charge is 0.338 e. The van der Waals surface area contributed by atoms with Gasteiger partial charge in [-0.05, 0) is 50.2 Å². The van der Waals surface area contributed by atoms with E-state index < -0.39 is 18.0 Å². The number of rotatable bonds is 5. The summed E-state index contributed by atoms with van der Waals surface area (Å²) >= 11 is 11.9. The first-order chi connectivity index (χ1) is 15.3. The highest BCUT2D eigenvalue weighted by molar-refractivity contribution is 6.36. The van der Waals surface area contributed by atoms with Crippen LogP contribution < -0.4 is 5.32 Å². The number of carbonyl (C=O) groups excluding carboxylic acids is 2. The Kier molecular flexibility index (Phi) is 6.17. The summed E-state index contributed by atoms with van der Waals surface area (Å²) in [6, 6.07) is 17.7. The maximum Gasteiger partial charge on any atom is 0.338 e. The molecular formula is C24H19Cl2N3O3. The number of benzene rings is 3. The molecule has 6 nitrogen and oxygen atoms in total. The summed E-state index contributed by atoms with van der Waals surface area (Å²) in [7, 11) is 0. The number of imidazole rings is 1. The molecule has 0 aliphatic rings. The van der Waals surface area contributed by atoms with Gasteiger partial charge in [0.2, 0.25) is 0 Å². The number of aromatic nitrogens is 2. The molecule has 4 rings (SSSR count). The quantitative estimate of drug-likeness (QED) is 0.351. The lowest BCUT2D eigenvalue weighted by molar-refractivity contribution is -0.123. The fourth-order valence-corrected chi connectivity index (χ4v) is 3.55. The number of H-pyrrole nitrogens is 1. The van der Waals surface area contributed by atoms with E-state index in [9.17, 15) is 9.59 Å². The summed E-state index contributed by atoms with van der Waals surface area (Å²) in [5, 5.41) is 3.37. The van der Waals surface area contributed by atoms with E-state index in [1.54, 1.807) is 30.3 Å². The summed E-state index contributed by atoms with van der Waals surface area (Å²) in [6.07, 6.45) is -1.03. The van der Waals surface area contributed by atoms with Crippen LogP contribution in [-0.2, 0) is 9.53 Å².